The first-order valence-electron chi connectivity index (χ1n) is 8.77. The van der Waals surface area contributed by atoms with Crippen LogP contribution in [0.1, 0.15) is 38.4 Å². The summed E-state index contributed by atoms with van der Waals surface area (Å²) in [6.45, 7) is 8.07. The Morgan fingerprint density at radius 2 is 1.88 bits per heavy atom. The van der Waals surface area contributed by atoms with Crippen LogP contribution in [0, 0.1) is 0 Å². The van der Waals surface area contributed by atoms with Crippen molar-refractivity contribution in [1.29, 1.82) is 0 Å². The third-order valence-electron chi connectivity index (χ3n) is 4.27. The van der Waals surface area contributed by atoms with Crippen LogP contribution in [0.3, 0.4) is 0 Å². The molecule has 2 heterocycles. The zero-order chi connectivity index (χ0) is 17.9. The minimum atomic E-state index is -0.00213. The van der Waals surface area contributed by atoms with Crippen LogP contribution in [0.2, 0.25) is 0 Å². The van der Waals surface area contributed by atoms with Gasteiger partial charge in [0.1, 0.15) is 11.4 Å². The minimum Gasteiger partial charge on any atom is -0.493 e. The lowest BCUT2D eigenvalue weighted by Gasteiger charge is -2.21. The zero-order valence-electron chi connectivity index (χ0n) is 15.2. The first-order valence-corrected chi connectivity index (χ1v) is 8.77. The highest BCUT2D eigenvalue weighted by atomic mass is 16.5. The molecule has 4 heteroatoms. The number of ether oxygens (including phenoxy) is 1. The van der Waals surface area contributed by atoms with E-state index in [-0.39, 0.29) is 12.0 Å². The summed E-state index contributed by atoms with van der Waals surface area (Å²) in [5, 5.41) is 10.0. The van der Waals surface area contributed by atoms with Gasteiger partial charge in [-0.25, -0.2) is 4.98 Å². The zero-order valence-corrected chi connectivity index (χ0v) is 15.2. The molecule has 3 aromatic rings. The first-order chi connectivity index (χ1) is 12.0. The topological polar surface area (TPSA) is 47.3 Å². The van der Waals surface area contributed by atoms with Crippen molar-refractivity contribution in [2.75, 3.05) is 13.2 Å². The van der Waals surface area contributed by atoms with Crippen molar-refractivity contribution in [3.8, 4) is 5.75 Å². The molecule has 0 bridgehead atoms. The Kier molecular flexibility index (Phi) is 5.09. The second-order valence-electron chi connectivity index (χ2n) is 7.32. The normalized spacial score (nSPS) is 11.8. The van der Waals surface area contributed by atoms with Gasteiger partial charge in [-0.15, -0.1) is 0 Å². The molecule has 0 unspecified atom stereocenters. The quantitative estimate of drug-likeness (QED) is 0.687. The van der Waals surface area contributed by atoms with E-state index in [2.05, 4.69) is 60.7 Å². The number of aliphatic hydroxyl groups excluding tert-OH is 1. The van der Waals surface area contributed by atoms with Crippen molar-refractivity contribution < 1.29 is 9.84 Å². The molecule has 0 aliphatic heterocycles. The van der Waals surface area contributed by atoms with Gasteiger partial charge in [0.2, 0.25) is 0 Å². The van der Waals surface area contributed by atoms with E-state index in [0.29, 0.717) is 13.0 Å². The van der Waals surface area contributed by atoms with Gasteiger partial charge >= 0.3 is 0 Å². The molecule has 2 aromatic heterocycles. The summed E-state index contributed by atoms with van der Waals surface area (Å²) >= 11 is 0. The summed E-state index contributed by atoms with van der Waals surface area (Å²) in [5.41, 5.74) is 3.42. The van der Waals surface area contributed by atoms with Gasteiger partial charge in [0.25, 0.3) is 0 Å². The lowest BCUT2D eigenvalue weighted by molar-refractivity contribution is 0.235. The van der Waals surface area contributed by atoms with E-state index in [1.54, 1.807) is 6.20 Å². The molecule has 0 atom stereocenters. The molecule has 0 amide bonds. The summed E-state index contributed by atoms with van der Waals surface area (Å²) in [6, 6.07) is 14.5. The SMILES string of the molecule is CC(C)(C)c1cc2c(OCCCO)ccnc2n1Cc1ccccc1. The van der Waals surface area contributed by atoms with Gasteiger partial charge < -0.3 is 14.4 Å². The summed E-state index contributed by atoms with van der Waals surface area (Å²) in [7, 11) is 0. The predicted octanol–water partition coefficient (Wildman–Crippen LogP) is 4.14. The second-order valence-corrected chi connectivity index (χ2v) is 7.32. The van der Waals surface area contributed by atoms with E-state index in [1.807, 2.05) is 12.1 Å². The van der Waals surface area contributed by atoms with Crippen LogP contribution in [-0.2, 0) is 12.0 Å². The van der Waals surface area contributed by atoms with Gasteiger partial charge in [-0.05, 0) is 17.7 Å². The van der Waals surface area contributed by atoms with Crippen molar-refractivity contribution >= 4 is 11.0 Å². The van der Waals surface area contributed by atoms with Crippen LogP contribution in [0.15, 0.2) is 48.7 Å². The molecule has 0 aliphatic rings. The Labute approximate surface area is 149 Å². The Morgan fingerprint density at radius 3 is 2.56 bits per heavy atom. The van der Waals surface area contributed by atoms with Crippen molar-refractivity contribution in [1.82, 2.24) is 9.55 Å². The van der Waals surface area contributed by atoms with Crippen molar-refractivity contribution in [3.63, 3.8) is 0 Å². The molecule has 1 aromatic carbocycles. The lowest BCUT2D eigenvalue weighted by atomic mass is 9.92. The number of aromatic nitrogens is 2. The highest BCUT2D eigenvalue weighted by molar-refractivity contribution is 5.84. The predicted molar refractivity (Wildman–Crippen MR) is 101 cm³/mol. The number of aliphatic hydroxyl groups is 1. The van der Waals surface area contributed by atoms with Crippen LogP contribution >= 0.6 is 0 Å². The third-order valence-corrected chi connectivity index (χ3v) is 4.27. The monoisotopic (exact) mass is 338 g/mol. The number of nitrogens with zero attached hydrogens (tertiary/aromatic N) is 2. The number of rotatable bonds is 6. The van der Waals surface area contributed by atoms with Crippen molar-refractivity contribution in [2.45, 2.75) is 39.2 Å². The van der Waals surface area contributed by atoms with Gasteiger partial charge in [0, 0.05) is 36.9 Å². The lowest BCUT2D eigenvalue weighted by Crippen LogP contribution is -2.18. The Hall–Kier alpha value is -2.33. The number of fused-ring (bicyclic) bond motifs is 1. The molecule has 0 spiro atoms. The molecule has 0 aliphatic carbocycles. The van der Waals surface area contributed by atoms with Gasteiger partial charge in [0.15, 0.2) is 0 Å². The Balaban J connectivity index is 2.08. The summed E-state index contributed by atoms with van der Waals surface area (Å²) in [6.07, 6.45) is 2.42. The van der Waals surface area contributed by atoms with E-state index >= 15 is 0 Å². The number of hydrogen-bond acceptors (Lipinski definition) is 3. The largest absolute Gasteiger partial charge is 0.493 e. The average molecular weight is 338 g/mol. The second kappa shape index (κ2) is 7.28. The van der Waals surface area contributed by atoms with Crippen LogP contribution < -0.4 is 4.74 Å². The molecular weight excluding hydrogens is 312 g/mol. The van der Waals surface area contributed by atoms with E-state index in [4.69, 9.17) is 9.84 Å². The van der Waals surface area contributed by atoms with E-state index < -0.39 is 0 Å². The molecule has 0 fully saturated rings. The maximum Gasteiger partial charge on any atom is 0.144 e. The van der Waals surface area contributed by atoms with Gasteiger partial charge in [-0.2, -0.15) is 0 Å². The molecule has 25 heavy (non-hydrogen) atoms. The standard InChI is InChI=1S/C21H26N2O2/c1-21(2,3)19-14-17-18(25-13-7-12-24)10-11-22-20(17)23(19)15-16-8-5-4-6-9-16/h4-6,8-11,14,24H,7,12-13,15H2,1-3H3. The third kappa shape index (κ3) is 3.85. The maximum absolute atomic E-state index is 8.98. The van der Waals surface area contributed by atoms with Crippen LogP contribution in [-0.4, -0.2) is 27.9 Å². The molecular formula is C21H26N2O2. The molecule has 0 saturated carbocycles. The average Bonchev–Trinajstić information content (AvgIpc) is 2.96. The smallest absolute Gasteiger partial charge is 0.144 e. The number of pyridine rings is 1. The van der Waals surface area contributed by atoms with Crippen LogP contribution in [0.4, 0.5) is 0 Å². The van der Waals surface area contributed by atoms with E-state index in [1.165, 1.54) is 11.3 Å². The molecule has 1 N–H and O–H groups in total. The molecule has 0 radical (unpaired) electrons. The summed E-state index contributed by atoms with van der Waals surface area (Å²) in [4.78, 5) is 4.63. The van der Waals surface area contributed by atoms with Gasteiger partial charge in [-0.1, -0.05) is 51.1 Å². The molecule has 0 saturated heterocycles. The fourth-order valence-electron chi connectivity index (χ4n) is 3.04. The van der Waals surface area contributed by atoms with Crippen molar-refractivity contribution in [3.05, 3.63) is 59.9 Å². The summed E-state index contributed by atoms with van der Waals surface area (Å²) < 4.78 is 8.16. The highest BCUT2D eigenvalue weighted by Gasteiger charge is 2.23. The van der Waals surface area contributed by atoms with E-state index in [0.717, 1.165) is 23.3 Å². The van der Waals surface area contributed by atoms with E-state index in [9.17, 15) is 0 Å². The summed E-state index contributed by atoms with van der Waals surface area (Å²) in [5.74, 6) is 0.829. The fourth-order valence-corrected chi connectivity index (χ4v) is 3.04. The van der Waals surface area contributed by atoms with Gasteiger partial charge in [0.05, 0.1) is 12.0 Å². The highest BCUT2D eigenvalue weighted by Crippen LogP contribution is 2.33. The van der Waals surface area contributed by atoms with Crippen LogP contribution in [0.25, 0.3) is 11.0 Å². The fraction of sp³-hybridized carbons (Fsp3) is 0.381. The molecule has 132 valence electrons. The number of benzene rings is 1. The van der Waals surface area contributed by atoms with Gasteiger partial charge in [-0.3, -0.25) is 0 Å². The first kappa shape index (κ1) is 17.5. The minimum absolute atomic E-state index is 0.00213. The number of hydrogen-bond donors (Lipinski definition) is 1. The Morgan fingerprint density at radius 1 is 1.12 bits per heavy atom. The van der Waals surface area contributed by atoms with Crippen LogP contribution in [0.5, 0.6) is 5.75 Å². The molecule has 4 nitrogen and oxygen atoms in total. The molecule has 3 rings (SSSR count). The Bertz CT molecular complexity index is 832. The van der Waals surface area contributed by atoms with Crippen molar-refractivity contribution in [2.24, 2.45) is 0 Å². The maximum atomic E-state index is 8.98.